The zero-order valence-electron chi connectivity index (χ0n) is 12.5. The third kappa shape index (κ3) is 2.74. The van der Waals surface area contributed by atoms with E-state index in [4.69, 9.17) is 9.26 Å². The van der Waals surface area contributed by atoms with Crippen LogP contribution >= 0.6 is 0 Å². The van der Waals surface area contributed by atoms with Gasteiger partial charge in [-0.2, -0.15) is 4.98 Å². The first-order chi connectivity index (χ1) is 9.72. The molecule has 3 atom stereocenters. The number of nitrogens with one attached hydrogen (secondary N) is 1. The van der Waals surface area contributed by atoms with Crippen molar-refractivity contribution < 1.29 is 9.26 Å². The van der Waals surface area contributed by atoms with Crippen LogP contribution in [0.3, 0.4) is 0 Å². The van der Waals surface area contributed by atoms with Gasteiger partial charge in [-0.25, -0.2) is 0 Å². The van der Waals surface area contributed by atoms with Crippen LogP contribution in [0.5, 0.6) is 0 Å². The Morgan fingerprint density at radius 3 is 3.05 bits per heavy atom. The van der Waals surface area contributed by atoms with Crippen LogP contribution in [-0.2, 0) is 16.8 Å². The first-order valence-electron chi connectivity index (χ1n) is 7.81. The van der Waals surface area contributed by atoms with Gasteiger partial charge in [0.1, 0.15) is 5.60 Å². The van der Waals surface area contributed by atoms with Crippen LogP contribution in [0.1, 0.15) is 50.7 Å². The molecule has 1 saturated carbocycles. The van der Waals surface area contributed by atoms with Gasteiger partial charge in [0.2, 0.25) is 11.7 Å². The Kier molecular flexibility index (Phi) is 4.08. The number of ether oxygens (including phenoxy) is 1. The van der Waals surface area contributed by atoms with Crippen LogP contribution in [-0.4, -0.2) is 30.3 Å². The monoisotopic (exact) mass is 279 g/mol. The Bertz CT molecular complexity index is 442. The van der Waals surface area contributed by atoms with Gasteiger partial charge >= 0.3 is 0 Å². The number of hydrogen-bond donors (Lipinski definition) is 1. The lowest BCUT2D eigenvalue weighted by molar-refractivity contribution is -0.0658. The van der Waals surface area contributed by atoms with Gasteiger partial charge in [-0.15, -0.1) is 0 Å². The Morgan fingerprint density at radius 1 is 1.45 bits per heavy atom. The zero-order valence-corrected chi connectivity index (χ0v) is 12.5. The van der Waals surface area contributed by atoms with Crippen LogP contribution in [0.15, 0.2) is 4.52 Å². The molecule has 3 unspecified atom stereocenters. The summed E-state index contributed by atoms with van der Waals surface area (Å²) < 4.78 is 11.3. The van der Waals surface area contributed by atoms with Gasteiger partial charge in [-0.1, -0.05) is 18.5 Å². The molecule has 1 aromatic rings. The third-order valence-electron chi connectivity index (χ3n) is 4.85. The van der Waals surface area contributed by atoms with Gasteiger partial charge in [0.15, 0.2) is 0 Å². The normalized spacial score (nSPS) is 34.5. The van der Waals surface area contributed by atoms with Crippen LogP contribution in [0.2, 0.25) is 0 Å². The van der Waals surface area contributed by atoms with E-state index >= 15 is 0 Å². The molecule has 1 aliphatic carbocycles. The predicted molar refractivity (Wildman–Crippen MR) is 75.3 cm³/mol. The molecule has 2 aliphatic rings. The van der Waals surface area contributed by atoms with E-state index in [0.717, 1.165) is 44.1 Å². The van der Waals surface area contributed by atoms with E-state index in [1.54, 1.807) is 7.11 Å². The molecule has 2 heterocycles. The molecule has 1 N–H and O–H groups in total. The maximum Gasteiger partial charge on any atom is 0.227 e. The number of rotatable bonds is 4. The summed E-state index contributed by atoms with van der Waals surface area (Å²) in [5.74, 6) is 2.81. The zero-order chi connectivity index (χ0) is 14.0. The lowest BCUT2D eigenvalue weighted by atomic mass is 9.78. The predicted octanol–water partition coefficient (Wildman–Crippen LogP) is 2.27. The van der Waals surface area contributed by atoms with E-state index < -0.39 is 0 Å². The van der Waals surface area contributed by atoms with Crippen molar-refractivity contribution in [1.29, 1.82) is 0 Å². The van der Waals surface area contributed by atoms with E-state index in [0.29, 0.717) is 11.8 Å². The summed E-state index contributed by atoms with van der Waals surface area (Å²) in [7, 11) is 1.77. The second-order valence-corrected chi connectivity index (χ2v) is 6.47. The lowest BCUT2D eigenvalue weighted by Crippen LogP contribution is -2.35. The van der Waals surface area contributed by atoms with Crippen LogP contribution in [0, 0.1) is 11.8 Å². The van der Waals surface area contributed by atoms with Gasteiger partial charge in [0.05, 0.1) is 0 Å². The van der Waals surface area contributed by atoms with Crippen molar-refractivity contribution in [2.24, 2.45) is 11.8 Å². The largest absolute Gasteiger partial charge is 0.370 e. The Morgan fingerprint density at radius 2 is 2.35 bits per heavy atom. The van der Waals surface area contributed by atoms with Crippen molar-refractivity contribution in [3.63, 3.8) is 0 Å². The molecule has 2 fully saturated rings. The van der Waals surface area contributed by atoms with E-state index in [9.17, 15) is 0 Å². The topological polar surface area (TPSA) is 60.2 Å². The minimum Gasteiger partial charge on any atom is -0.370 e. The van der Waals surface area contributed by atoms with E-state index in [2.05, 4.69) is 22.4 Å². The van der Waals surface area contributed by atoms with Crippen molar-refractivity contribution in [3.05, 3.63) is 11.7 Å². The summed E-state index contributed by atoms with van der Waals surface area (Å²) in [6.45, 7) is 4.44. The molecule has 3 rings (SSSR count). The lowest BCUT2D eigenvalue weighted by Gasteiger charge is -2.36. The Balaban J connectivity index is 1.73. The summed E-state index contributed by atoms with van der Waals surface area (Å²) in [6.07, 6.45) is 6.51. The van der Waals surface area contributed by atoms with Crippen LogP contribution in [0.4, 0.5) is 0 Å². The SMILES string of the molecule is COC1(c2noc(CC3CCNC3)n2)CCCC(C)C1. The summed E-state index contributed by atoms with van der Waals surface area (Å²) in [5.41, 5.74) is -0.326. The highest BCUT2D eigenvalue weighted by Crippen LogP contribution is 2.41. The van der Waals surface area contributed by atoms with E-state index in [-0.39, 0.29) is 5.60 Å². The molecule has 1 aromatic heterocycles. The Labute approximate surface area is 120 Å². The molecule has 5 nitrogen and oxygen atoms in total. The Hall–Kier alpha value is -0.940. The second kappa shape index (κ2) is 5.82. The van der Waals surface area contributed by atoms with Gasteiger partial charge in [0, 0.05) is 13.5 Å². The smallest absolute Gasteiger partial charge is 0.227 e. The molecular weight excluding hydrogens is 254 g/mol. The number of aromatic nitrogens is 2. The molecule has 0 aromatic carbocycles. The van der Waals surface area contributed by atoms with E-state index in [1.807, 2.05) is 0 Å². The fraction of sp³-hybridized carbons (Fsp3) is 0.867. The first-order valence-corrected chi connectivity index (χ1v) is 7.81. The highest BCUT2D eigenvalue weighted by Gasteiger charge is 2.41. The van der Waals surface area contributed by atoms with Gasteiger partial charge in [-0.3, -0.25) is 0 Å². The van der Waals surface area contributed by atoms with Crippen molar-refractivity contribution >= 4 is 0 Å². The minimum absolute atomic E-state index is 0.326. The fourth-order valence-corrected chi connectivity index (χ4v) is 3.64. The van der Waals surface area contributed by atoms with Crippen molar-refractivity contribution in [3.8, 4) is 0 Å². The summed E-state index contributed by atoms with van der Waals surface area (Å²) in [6, 6.07) is 0. The maximum atomic E-state index is 5.82. The quantitative estimate of drug-likeness (QED) is 0.916. The molecule has 0 spiro atoms. The second-order valence-electron chi connectivity index (χ2n) is 6.47. The van der Waals surface area contributed by atoms with Gasteiger partial charge in [0.25, 0.3) is 0 Å². The number of methoxy groups -OCH3 is 1. The minimum atomic E-state index is -0.326. The molecule has 5 heteroatoms. The number of hydrogen-bond acceptors (Lipinski definition) is 5. The summed E-state index contributed by atoms with van der Waals surface area (Å²) in [5, 5.41) is 7.60. The van der Waals surface area contributed by atoms with Crippen molar-refractivity contribution in [2.75, 3.05) is 20.2 Å². The molecule has 1 aliphatic heterocycles. The van der Waals surface area contributed by atoms with Crippen LogP contribution < -0.4 is 5.32 Å². The average molecular weight is 279 g/mol. The van der Waals surface area contributed by atoms with Crippen LogP contribution in [0.25, 0.3) is 0 Å². The van der Waals surface area contributed by atoms with E-state index in [1.165, 1.54) is 19.3 Å². The fourth-order valence-electron chi connectivity index (χ4n) is 3.64. The molecule has 0 radical (unpaired) electrons. The van der Waals surface area contributed by atoms with Crippen molar-refractivity contribution in [2.45, 2.75) is 51.0 Å². The maximum absolute atomic E-state index is 5.82. The number of nitrogens with zero attached hydrogens (tertiary/aromatic N) is 2. The first kappa shape index (κ1) is 14.0. The third-order valence-corrected chi connectivity index (χ3v) is 4.85. The summed E-state index contributed by atoms with van der Waals surface area (Å²) >= 11 is 0. The molecule has 112 valence electrons. The van der Waals surface area contributed by atoms with Gasteiger partial charge < -0.3 is 14.6 Å². The molecule has 0 bridgehead atoms. The van der Waals surface area contributed by atoms with Crippen molar-refractivity contribution in [1.82, 2.24) is 15.5 Å². The highest BCUT2D eigenvalue weighted by molar-refractivity contribution is 5.04. The average Bonchev–Trinajstić information content (AvgIpc) is 3.11. The molecule has 20 heavy (non-hydrogen) atoms. The summed E-state index contributed by atoms with van der Waals surface area (Å²) in [4.78, 5) is 4.64. The molecule has 1 saturated heterocycles. The molecular formula is C15H25N3O2. The molecule has 0 amide bonds. The van der Waals surface area contributed by atoms with Gasteiger partial charge in [-0.05, 0) is 50.6 Å². The standard InChI is InChI=1S/C15H25N3O2/c1-11-4-3-6-15(9-11,19-2)14-17-13(20-18-14)8-12-5-7-16-10-12/h11-12,16H,3-10H2,1-2H3. The highest BCUT2D eigenvalue weighted by atomic mass is 16.5.